The van der Waals surface area contributed by atoms with Crippen molar-refractivity contribution >= 4 is 17.9 Å². The number of hydrogen-bond donors (Lipinski definition) is 3. The lowest BCUT2D eigenvalue weighted by atomic mass is 9.79. The molecule has 0 spiro atoms. The fourth-order valence-electron chi connectivity index (χ4n) is 2.99. The van der Waals surface area contributed by atoms with Crippen molar-refractivity contribution in [2.24, 2.45) is 5.41 Å². The van der Waals surface area contributed by atoms with Gasteiger partial charge in [0, 0.05) is 12.0 Å². The molecule has 0 radical (unpaired) electrons. The third-order valence-corrected chi connectivity index (χ3v) is 4.39. The third-order valence-electron chi connectivity index (χ3n) is 4.39. The second-order valence-corrected chi connectivity index (χ2v) is 6.52. The van der Waals surface area contributed by atoms with Gasteiger partial charge in [0.1, 0.15) is 0 Å². The van der Waals surface area contributed by atoms with E-state index in [-0.39, 0.29) is 24.3 Å². The standard InChI is InChI=1S/C14H22N2O4/c1-13(6-7-13)16-12(20)15-10(17)8-14(9-11(18)19)4-2-3-5-14/h2-9H2,1H3,(H,18,19)(H2,15,16,17,20). The molecule has 0 unspecified atom stereocenters. The van der Waals surface area contributed by atoms with Crippen LogP contribution in [0.3, 0.4) is 0 Å². The fourth-order valence-corrected chi connectivity index (χ4v) is 2.99. The molecule has 2 saturated carbocycles. The molecule has 20 heavy (non-hydrogen) atoms. The van der Waals surface area contributed by atoms with Crippen LogP contribution < -0.4 is 10.6 Å². The number of imide groups is 1. The summed E-state index contributed by atoms with van der Waals surface area (Å²) >= 11 is 0. The monoisotopic (exact) mass is 282 g/mol. The van der Waals surface area contributed by atoms with Gasteiger partial charge in [0.2, 0.25) is 5.91 Å². The van der Waals surface area contributed by atoms with Gasteiger partial charge in [-0.3, -0.25) is 14.9 Å². The van der Waals surface area contributed by atoms with E-state index in [0.29, 0.717) is 0 Å². The third kappa shape index (κ3) is 3.95. The smallest absolute Gasteiger partial charge is 0.321 e. The van der Waals surface area contributed by atoms with E-state index in [4.69, 9.17) is 5.11 Å². The number of carbonyl (C=O) groups excluding carboxylic acids is 2. The van der Waals surface area contributed by atoms with E-state index in [0.717, 1.165) is 38.5 Å². The van der Waals surface area contributed by atoms with Gasteiger partial charge in [-0.05, 0) is 38.0 Å². The summed E-state index contributed by atoms with van der Waals surface area (Å²) in [6.45, 7) is 1.93. The van der Waals surface area contributed by atoms with E-state index in [1.807, 2.05) is 6.92 Å². The van der Waals surface area contributed by atoms with Crippen LogP contribution in [0.2, 0.25) is 0 Å². The van der Waals surface area contributed by atoms with E-state index >= 15 is 0 Å². The van der Waals surface area contributed by atoms with Gasteiger partial charge in [0.05, 0.1) is 6.42 Å². The minimum atomic E-state index is -0.880. The molecule has 2 aliphatic rings. The number of nitrogens with one attached hydrogen (secondary N) is 2. The van der Waals surface area contributed by atoms with Gasteiger partial charge >= 0.3 is 12.0 Å². The van der Waals surface area contributed by atoms with Gasteiger partial charge in [-0.15, -0.1) is 0 Å². The molecule has 0 heterocycles. The number of carboxylic acids is 1. The summed E-state index contributed by atoms with van der Waals surface area (Å²) in [5.74, 6) is -1.26. The molecule has 3 amide bonds. The van der Waals surface area contributed by atoms with Crippen LogP contribution in [0.5, 0.6) is 0 Å². The molecule has 0 aliphatic heterocycles. The first-order valence-corrected chi connectivity index (χ1v) is 7.16. The summed E-state index contributed by atoms with van der Waals surface area (Å²) < 4.78 is 0. The number of urea groups is 1. The van der Waals surface area contributed by atoms with Crippen LogP contribution in [0.25, 0.3) is 0 Å². The molecule has 3 N–H and O–H groups in total. The highest BCUT2D eigenvalue weighted by atomic mass is 16.4. The lowest BCUT2D eigenvalue weighted by molar-refractivity contribution is -0.140. The Labute approximate surface area is 118 Å². The Morgan fingerprint density at radius 3 is 2.15 bits per heavy atom. The van der Waals surface area contributed by atoms with Crippen LogP contribution in [-0.2, 0) is 9.59 Å². The van der Waals surface area contributed by atoms with Gasteiger partial charge < -0.3 is 10.4 Å². The molecule has 2 aliphatic carbocycles. The second-order valence-electron chi connectivity index (χ2n) is 6.52. The Hall–Kier alpha value is -1.59. The number of carbonyl (C=O) groups is 3. The van der Waals surface area contributed by atoms with Gasteiger partial charge in [-0.25, -0.2) is 4.79 Å². The molecular formula is C14H22N2O4. The Kier molecular flexibility index (Phi) is 4.01. The Morgan fingerprint density at radius 2 is 1.65 bits per heavy atom. The normalized spacial score (nSPS) is 22.1. The van der Waals surface area contributed by atoms with E-state index in [1.165, 1.54) is 0 Å². The van der Waals surface area contributed by atoms with Crippen LogP contribution >= 0.6 is 0 Å². The van der Waals surface area contributed by atoms with Gasteiger partial charge in [0.15, 0.2) is 0 Å². The number of rotatable bonds is 5. The molecule has 112 valence electrons. The highest BCUT2D eigenvalue weighted by Crippen LogP contribution is 2.44. The summed E-state index contributed by atoms with van der Waals surface area (Å²) in [7, 11) is 0. The lowest BCUT2D eigenvalue weighted by Gasteiger charge is -2.26. The summed E-state index contributed by atoms with van der Waals surface area (Å²) in [6, 6.07) is -0.474. The maximum Gasteiger partial charge on any atom is 0.321 e. The topological polar surface area (TPSA) is 95.5 Å². The molecule has 2 fully saturated rings. The number of amides is 3. The van der Waals surface area contributed by atoms with E-state index in [2.05, 4.69) is 10.6 Å². The largest absolute Gasteiger partial charge is 0.481 e. The molecule has 0 saturated heterocycles. The van der Waals surface area contributed by atoms with Crippen molar-refractivity contribution in [2.45, 2.75) is 63.8 Å². The van der Waals surface area contributed by atoms with Crippen molar-refractivity contribution in [3.05, 3.63) is 0 Å². The van der Waals surface area contributed by atoms with Crippen LogP contribution in [0, 0.1) is 5.41 Å². The zero-order valence-electron chi connectivity index (χ0n) is 11.8. The fraction of sp³-hybridized carbons (Fsp3) is 0.786. The summed E-state index contributed by atoms with van der Waals surface area (Å²) in [5.41, 5.74) is -0.643. The Bertz CT molecular complexity index is 423. The minimum Gasteiger partial charge on any atom is -0.481 e. The van der Waals surface area contributed by atoms with Gasteiger partial charge in [-0.2, -0.15) is 0 Å². The van der Waals surface area contributed by atoms with E-state index < -0.39 is 17.4 Å². The van der Waals surface area contributed by atoms with Crippen LogP contribution in [0.1, 0.15) is 58.3 Å². The zero-order chi connectivity index (χ0) is 14.8. The SMILES string of the molecule is CC1(NC(=O)NC(=O)CC2(CC(=O)O)CCCC2)CC1. The molecule has 6 heteroatoms. The first kappa shape index (κ1) is 14.8. The molecule has 2 rings (SSSR count). The first-order valence-electron chi connectivity index (χ1n) is 7.16. The van der Waals surface area contributed by atoms with Gasteiger partial charge in [0.25, 0.3) is 0 Å². The summed E-state index contributed by atoms with van der Waals surface area (Å²) in [4.78, 5) is 34.5. The van der Waals surface area contributed by atoms with Crippen LogP contribution in [-0.4, -0.2) is 28.6 Å². The molecular weight excluding hydrogens is 260 g/mol. The summed E-state index contributed by atoms with van der Waals surface area (Å²) in [5, 5.41) is 14.1. The zero-order valence-corrected chi connectivity index (χ0v) is 11.8. The molecule has 0 bridgehead atoms. The number of carboxylic acid groups (broad SMARTS) is 1. The predicted molar refractivity (Wildman–Crippen MR) is 72.1 cm³/mol. The quantitative estimate of drug-likeness (QED) is 0.716. The van der Waals surface area contributed by atoms with Crippen molar-refractivity contribution in [2.75, 3.05) is 0 Å². The minimum absolute atomic E-state index is 0.000244. The average Bonchev–Trinajstić information content (AvgIpc) is 2.84. The molecule has 0 atom stereocenters. The number of hydrogen-bond acceptors (Lipinski definition) is 3. The van der Waals surface area contributed by atoms with Crippen molar-refractivity contribution in [3.63, 3.8) is 0 Å². The second kappa shape index (κ2) is 5.42. The molecule has 0 aromatic rings. The van der Waals surface area contributed by atoms with Crippen molar-refractivity contribution in [1.29, 1.82) is 0 Å². The molecule has 6 nitrogen and oxygen atoms in total. The maximum absolute atomic E-state index is 11.9. The lowest BCUT2D eigenvalue weighted by Crippen LogP contribution is -2.45. The van der Waals surface area contributed by atoms with Crippen molar-refractivity contribution in [1.82, 2.24) is 10.6 Å². The highest BCUT2D eigenvalue weighted by Gasteiger charge is 2.40. The first-order chi connectivity index (χ1) is 9.33. The number of aliphatic carboxylic acids is 1. The Balaban J connectivity index is 1.85. The Morgan fingerprint density at radius 1 is 1.05 bits per heavy atom. The van der Waals surface area contributed by atoms with Crippen LogP contribution in [0.15, 0.2) is 0 Å². The van der Waals surface area contributed by atoms with Crippen LogP contribution in [0.4, 0.5) is 4.79 Å². The van der Waals surface area contributed by atoms with Crippen molar-refractivity contribution < 1.29 is 19.5 Å². The molecule has 0 aromatic heterocycles. The van der Waals surface area contributed by atoms with Crippen molar-refractivity contribution in [3.8, 4) is 0 Å². The predicted octanol–water partition coefficient (Wildman–Crippen LogP) is 1.79. The van der Waals surface area contributed by atoms with E-state index in [9.17, 15) is 14.4 Å². The summed E-state index contributed by atoms with van der Waals surface area (Å²) in [6.07, 6.45) is 5.35. The maximum atomic E-state index is 11.9. The molecule has 0 aromatic carbocycles. The van der Waals surface area contributed by atoms with Gasteiger partial charge in [-0.1, -0.05) is 12.8 Å². The average molecular weight is 282 g/mol. The van der Waals surface area contributed by atoms with E-state index in [1.54, 1.807) is 0 Å². The highest BCUT2D eigenvalue weighted by molar-refractivity contribution is 5.95.